The van der Waals surface area contributed by atoms with Crippen LogP contribution < -0.4 is 11.1 Å². The van der Waals surface area contributed by atoms with Crippen LogP contribution in [0.2, 0.25) is 0 Å². The van der Waals surface area contributed by atoms with Crippen LogP contribution in [0.15, 0.2) is 18.2 Å². The number of anilines is 1. The number of imidazole rings is 1. The van der Waals surface area contributed by atoms with E-state index in [9.17, 15) is 4.79 Å². The van der Waals surface area contributed by atoms with Gasteiger partial charge in [-0.15, -0.1) is 24.8 Å². The Hall–Kier alpha value is -1.30. The number of H-pyrrole nitrogens is 1. The van der Waals surface area contributed by atoms with Gasteiger partial charge in [-0.3, -0.25) is 4.79 Å². The summed E-state index contributed by atoms with van der Waals surface area (Å²) >= 11 is 0. The van der Waals surface area contributed by atoms with Gasteiger partial charge in [-0.25, -0.2) is 4.98 Å². The Kier molecular flexibility index (Phi) is 9.81. The van der Waals surface area contributed by atoms with E-state index >= 15 is 0 Å². The molecule has 0 radical (unpaired) electrons. The molecule has 0 unspecified atom stereocenters. The highest BCUT2D eigenvalue weighted by atomic mass is 35.5. The second kappa shape index (κ2) is 10.4. The maximum absolute atomic E-state index is 11.7. The lowest BCUT2D eigenvalue weighted by Gasteiger charge is -2.04. The van der Waals surface area contributed by atoms with Gasteiger partial charge >= 0.3 is 0 Å². The molecule has 0 aliphatic rings. The normalized spacial score (nSPS) is 9.91. The third-order valence-electron chi connectivity index (χ3n) is 3.19. The van der Waals surface area contributed by atoms with Crippen LogP contribution in [0, 0.1) is 0 Å². The third-order valence-corrected chi connectivity index (χ3v) is 3.19. The van der Waals surface area contributed by atoms with Crippen molar-refractivity contribution < 1.29 is 4.79 Å². The number of fused-ring (bicyclic) bond motifs is 1. The van der Waals surface area contributed by atoms with Crippen molar-refractivity contribution in [3.63, 3.8) is 0 Å². The van der Waals surface area contributed by atoms with E-state index in [0.29, 0.717) is 19.4 Å². The minimum absolute atomic E-state index is 0. The lowest BCUT2D eigenvalue weighted by atomic mass is 10.2. The van der Waals surface area contributed by atoms with E-state index in [0.717, 1.165) is 41.8 Å². The first-order valence-corrected chi connectivity index (χ1v) is 7.21. The number of halogens is 2. The Morgan fingerprint density at radius 1 is 1.32 bits per heavy atom. The van der Waals surface area contributed by atoms with E-state index in [1.807, 2.05) is 18.2 Å². The van der Waals surface area contributed by atoms with Crippen molar-refractivity contribution in [1.29, 1.82) is 0 Å². The molecule has 124 valence electrons. The number of aromatic nitrogens is 2. The number of nitrogens with one attached hydrogen (secondary N) is 2. The number of amides is 1. The van der Waals surface area contributed by atoms with E-state index in [-0.39, 0.29) is 30.7 Å². The van der Waals surface area contributed by atoms with E-state index in [2.05, 4.69) is 22.2 Å². The van der Waals surface area contributed by atoms with Crippen LogP contribution in [0.3, 0.4) is 0 Å². The van der Waals surface area contributed by atoms with Gasteiger partial charge in [0, 0.05) is 18.5 Å². The predicted molar refractivity (Wildman–Crippen MR) is 96.1 cm³/mol. The van der Waals surface area contributed by atoms with Gasteiger partial charge in [0.2, 0.25) is 5.91 Å². The molecule has 0 saturated heterocycles. The zero-order valence-corrected chi connectivity index (χ0v) is 14.4. The minimum Gasteiger partial charge on any atom is -0.342 e. The first-order chi connectivity index (χ1) is 9.72. The molecule has 22 heavy (non-hydrogen) atoms. The molecule has 0 bridgehead atoms. The monoisotopic (exact) mass is 346 g/mol. The molecule has 0 aliphatic carbocycles. The molecule has 1 aromatic carbocycles. The molecule has 0 aliphatic heterocycles. The lowest BCUT2D eigenvalue weighted by Crippen LogP contribution is -2.13. The summed E-state index contributed by atoms with van der Waals surface area (Å²) < 4.78 is 0. The molecule has 2 aromatic rings. The van der Waals surface area contributed by atoms with Gasteiger partial charge in [0.15, 0.2) is 0 Å². The highest BCUT2D eigenvalue weighted by molar-refractivity contribution is 5.93. The standard InChI is InChI=1S/C15H22N4O.2ClH/c1-2-3-5-14-18-12-8-7-11(10-13(12)19-14)17-15(20)6-4-9-16;;/h7-8,10H,2-6,9,16H2,1H3,(H,17,20)(H,18,19);2*1H. The zero-order chi connectivity index (χ0) is 14.4. The fraction of sp³-hybridized carbons (Fsp3) is 0.467. The van der Waals surface area contributed by atoms with Crippen molar-refractivity contribution in [1.82, 2.24) is 9.97 Å². The van der Waals surface area contributed by atoms with E-state index < -0.39 is 0 Å². The Labute approximate surface area is 143 Å². The quantitative estimate of drug-likeness (QED) is 0.717. The maximum atomic E-state index is 11.7. The maximum Gasteiger partial charge on any atom is 0.224 e. The molecular formula is C15H24Cl2N4O. The van der Waals surface area contributed by atoms with E-state index in [1.165, 1.54) is 0 Å². The molecule has 1 amide bonds. The molecule has 4 N–H and O–H groups in total. The first-order valence-electron chi connectivity index (χ1n) is 7.21. The number of benzene rings is 1. The van der Waals surface area contributed by atoms with E-state index in [4.69, 9.17) is 5.73 Å². The molecule has 5 nitrogen and oxygen atoms in total. The highest BCUT2D eigenvalue weighted by Crippen LogP contribution is 2.18. The Morgan fingerprint density at radius 2 is 2.09 bits per heavy atom. The number of rotatable bonds is 7. The summed E-state index contributed by atoms with van der Waals surface area (Å²) in [7, 11) is 0. The lowest BCUT2D eigenvalue weighted by molar-refractivity contribution is -0.116. The largest absolute Gasteiger partial charge is 0.342 e. The summed E-state index contributed by atoms with van der Waals surface area (Å²) in [5, 5.41) is 2.88. The molecule has 2 rings (SSSR count). The van der Waals surface area contributed by atoms with Crippen molar-refractivity contribution >= 4 is 47.4 Å². The summed E-state index contributed by atoms with van der Waals surface area (Å²) in [6, 6.07) is 5.74. The van der Waals surface area contributed by atoms with Crippen LogP contribution in [0.4, 0.5) is 5.69 Å². The van der Waals surface area contributed by atoms with Gasteiger partial charge in [-0.05, 0) is 37.6 Å². The van der Waals surface area contributed by atoms with Crippen LogP contribution in [-0.2, 0) is 11.2 Å². The molecule has 1 aromatic heterocycles. The number of unbranched alkanes of at least 4 members (excludes halogenated alkanes) is 1. The average molecular weight is 347 g/mol. The summed E-state index contributed by atoms with van der Waals surface area (Å²) in [4.78, 5) is 19.5. The summed E-state index contributed by atoms with van der Waals surface area (Å²) in [5.41, 5.74) is 8.10. The smallest absolute Gasteiger partial charge is 0.224 e. The molecule has 0 spiro atoms. The minimum atomic E-state index is 0. The van der Waals surface area contributed by atoms with Gasteiger partial charge in [0.05, 0.1) is 11.0 Å². The van der Waals surface area contributed by atoms with Gasteiger partial charge in [0.1, 0.15) is 5.82 Å². The van der Waals surface area contributed by atoms with Crippen LogP contribution in [0.1, 0.15) is 38.4 Å². The zero-order valence-electron chi connectivity index (χ0n) is 12.7. The number of carbonyl (C=O) groups is 1. The third kappa shape index (κ3) is 5.83. The number of hydrogen-bond donors (Lipinski definition) is 3. The number of nitrogens with zero attached hydrogens (tertiary/aromatic N) is 1. The van der Waals surface area contributed by atoms with Crippen LogP contribution in [-0.4, -0.2) is 22.4 Å². The predicted octanol–water partition coefficient (Wildman–Crippen LogP) is 3.43. The van der Waals surface area contributed by atoms with Crippen molar-refractivity contribution in [2.24, 2.45) is 5.73 Å². The van der Waals surface area contributed by atoms with Gasteiger partial charge < -0.3 is 16.0 Å². The SMILES string of the molecule is CCCCc1nc2ccc(NC(=O)CCCN)cc2[nH]1.Cl.Cl. The summed E-state index contributed by atoms with van der Waals surface area (Å²) in [5.74, 6) is 1.01. The fourth-order valence-electron chi connectivity index (χ4n) is 2.09. The first kappa shape index (κ1) is 20.7. The van der Waals surface area contributed by atoms with Crippen molar-refractivity contribution in [2.45, 2.75) is 39.0 Å². The molecule has 0 fully saturated rings. The van der Waals surface area contributed by atoms with Crippen molar-refractivity contribution in [3.05, 3.63) is 24.0 Å². The molecule has 7 heteroatoms. The van der Waals surface area contributed by atoms with Gasteiger partial charge in [0.25, 0.3) is 0 Å². The van der Waals surface area contributed by atoms with E-state index in [1.54, 1.807) is 0 Å². The number of aryl methyl sites for hydroxylation is 1. The van der Waals surface area contributed by atoms with Crippen molar-refractivity contribution in [3.8, 4) is 0 Å². The van der Waals surface area contributed by atoms with Gasteiger partial charge in [-0.1, -0.05) is 13.3 Å². The Morgan fingerprint density at radius 3 is 2.77 bits per heavy atom. The average Bonchev–Trinajstić information content (AvgIpc) is 2.85. The Bertz CT molecular complexity index is 586. The molecular weight excluding hydrogens is 323 g/mol. The molecule has 1 heterocycles. The second-order valence-electron chi connectivity index (χ2n) is 4.96. The van der Waals surface area contributed by atoms with Crippen LogP contribution in [0.5, 0.6) is 0 Å². The molecule has 0 saturated carbocycles. The number of carbonyl (C=O) groups excluding carboxylic acids is 1. The summed E-state index contributed by atoms with van der Waals surface area (Å²) in [6.07, 6.45) is 4.41. The highest BCUT2D eigenvalue weighted by Gasteiger charge is 2.06. The number of hydrogen-bond acceptors (Lipinski definition) is 3. The molecule has 0 atom stereocenters. The van der Waals surface area contributed by atoms with Crippen LogP contribution in [0.25, 0.3) is 11.0 Å². The summed E-state index contributed by atoms with van der Waals surface area (Å²) in [6.45, 7) is 2.70. The topological polar surface area (TPSA) is 83.8 Å². The second-order valence-corrected chi connectivity index (χ2v) is 4.96. The van der Waals surface area contributed by atoms with Crippen molar-refractivity contribution in [2.75, 3.05) is 11.9 Å². The number of aromatic amines is 1. The number of nitrogens with two attached hydrogens (primary N) is 1. The van der Waals surface area contributed by atoms with Crippen LogP contribution >= 0.6 is 24.8 Å². The fourth-order valence-corrected chi connectivity index (χ4v) is 2.09. The van der Waals surface area contributed by atoms with Gasteiger partial charge in [-0.2, -0.15) is 0 Å². The Balaban J connectivity index is 0.00000220.